The summed E-state index contributed by atoms with van der Waals surface area (Å²) in [7, 11) is 0. The van der Waals surface area contributed by atoms with Gasteiger partial charge < -0.3 is 9.90 Å². The molecule has 0 saturated carbocycles. The monoisotopic (exact) mass is 275 g/mol. The molecule has 1 heterocycles. The predicted molar refractivity (Wildman–Crippen MR) is 76.6 cm³/mol. The van der Waals surface area contributed by atoms with Crippen molar-refractivity contribution in [2.24, 2.45) is 5.92 Å². The number of aldehydes is 1. The van der Waals surface area contributed by atoms with Gasteiger partial charge in [-0.3, -0.25) is 9.69 Å². The van der Waals surface area contributed by atoms with E-state index in [1.165, 1.54) is 0 Å². The van der Waals surface area contributed by atoms with Gasteiger partial charge in [0, 0.05) is 30.5 Å². The maximum atomic E-state index is 11.3. The van der Waals surface area contributed by atoms with Gasteiger partial charge in [-0.25, -0.2) is 0 Å². The molecule has 0 spiro atoms. The highest BCUT2D eigenvalue weighted by molar-refractivity contribution is 5.68. The first-order valence-corrected chi connectivity index (χ1v) is 6.91. The molecule has 1 aliphatic heterocycles. The normalized spacial score (nSPS) is 23.7. The lowest BCUT2D eigenvalue weighted by Gasteiger charge is -2.34. The quantitative estimate of drug-likeness (QED) is 0.837. The number of carboxylic acids is 1. The van der Waals surface area contributed by atoms with E-state index >= 15 is 0 Å². The average molecular weight is 275 g/mol. The van der Waals surface area contributed by atoms with Gasteiger partial charge in [-0.15, -0.1) is 0 Å². The molecule has 1 aliphatic rings. The highest BCUT2D eigenvalue weighted by atomic mass is 16.4. The minimum Gasteiger partial charge on any atom is -0.481 e. The van der Waals surface area contributed by atoms with Crippen LogP contribution >= 0.6 is 0 Å². The minimum atomic E-state index is -0.805. The van der Waals surface area contributed by atoms with E-state index in [2.05, 4.69) is 4.90 Å². The molecule has 0 amide bonds. The number of nitrogens with zero attached hydrogens (tertiary/aromatic N) is 1. The Kier molecular flexibility index (Phi) is 4.23. The lowest BCUT2D eigenvalue weighted by atomic mass is 9.90. The Morgan fingerprint density at radius 2 is 2.00 bits per heavy atom. The summed E-state index contributed by atoms with van der Waals surface area (Å²) >= 11 is 0. The van der Waals surface area contributed by atoms with E-state index in [1.54, 1.807) is 0 Å². The molecule has 108 valence electrons. The van der Waals surface area contributed by atoms with Crippen LogP contribution in [0.4, 0.5) is 0 Å². The van der Waals surface area contributed by atoms with Gasteiger partial charge in [-0.05, 0) is 19.4 Å². The summed E-state index contributed by atoms with van der Waals surface area (Å²) in [6, 6.07) is 9.98. The third-order valence-corrected chi connectivity index (χ3v) is 4.21. The Labute approximate surface area is 119 Å². The van der Waals surface area contributed by atoms with Crippen molar-refractivity contribution in [1.29, 1.82) is 0 Å². The van der Waals surface area contributed by atoms with Gasteiger partial charge in [0.05, 0.1) is 6.42 Å². The summed E-state index contributed by atoms with van der Waals surface area (Å²) in [6.07, 6.45) is 1.09. The Hall–Kier alpha value is -1.68. The fourth-order valence-electron chi connectivity index (χ4n) is 3.00. The molecule has 1 aromatic rings. The molecule has 0 aromatic heterocycles. The van der Waals surface area contributed by atoms with Crippen LogP contribution in [0, 0.1) is 5.92 Å². The van der Waals surface area contributed by atoms with Gasteiger partial charge in [0.15, 0.2) is 0 Å². The largest absolute Gasteiger partial charge is 0.481 e. The maximum Gasteiger partial charge on any atom is 0.305 e. The first-order valence-electron chi connectivity index (χ1n) is 6.91. The molecule has 1 N–H and O–H groups in total. The second-order valence-electron chi connectivity index (χ2n) is 6.11. The molecular formula is C16H21NO3. The van der Waals surface area contributed by atoms with E-state index in [-0.39, 0.29) is 18.3 Å². The Balaban J connectivity index is 2.18. The number of carboxylic acid groups (broad SMARTS) is 1. The fourth-order valence-corrected chi connectivity index (χ4v) is 3.00. The molecule has 0 unspecified atom stereocenters. The topological polar surface area (TPSA) is 57.6 Å². The lowest BCUT2D eigenvalue weighted by Crippen LogP contribution is -2.44. The van der Waals surface area contributed by atoms with Crippen LogP contribution in [0.3, 0.4) is 0 Å². The van der Waals surface area contributed by atoms with Gasteiger partial charge in [-0.2, -0.15) is 0 Å². The zero-order valence-corrected chi connectivity index (χ0v) is 12.0. The van der Waals surface area contributed by atoms with E-state index in [9.17, 15) is 9.59 Å². The molecule has 1 aromatic carbocycles. The van der Waals surface area contributed by atoms with E-state index in [4.69, 9.17) is 5.11 Å². The maximum absolute atomic E-state index is 11.3. The zero-order chi connectivity index (χ0) is 14.8. The van der Waals surface area contributed by atoms with Crippen LogP contribution in [0.1, 0.15) is 31.7 Å². The smallest absolute Gasteiger partial charge is 0.305 e. The van der Waals surface area contributed by atoms with Crippen LogP contribution in [0.25, 0.3) is 0 Å². The van der Waals surface area contributed by atoms with Crippen molar-refractivity contribution in [2.75, 3.05) is 13.1 Å². The summed E-state index contributed by atoms with van der Waals surface area (Å²) in [6.45, 7) is 5.21. The Morgan fingerprint density at radius 3 is 2.55 bits per heavy atom. The summed E-state index contributed by atoms with van der Waals surface area (Å²) in [5, 5.41) is 9.02. The molecule has 0 radical (unpaired) electrons. The minimum absolute atomic E-state index is 0.0644. The molecule has 20 heavy (non-hydrogen) atoms. The lowest BCUT2D eigenvalue weighted by molar-refractivity contribution is -0.139. The standard InChI is InChI=1S/C16H21NO3/c1-16(2,8-15(19)20)17-9-13(11-18)14(10-17)12-6-4-3-5-7-12/h3-7,11,13-14H,8-10H2,1-2H3,(H,19,20)/t13-,14-/m1/s1. The number of rotatable bonds is 5. The molecule has 1 fully saturated rings. The highest BCUT2D eigenvalue weighted by Gasteiger charge is 2.40. The van der Waals surface area contributed by atoms with E-state index in [0.29, 0.717) is 6.54 Å². The fraction of sp³-hybridized carbons (Fsp3) is 0.500. The Morgan fingerprint density at radius 1 is 1.35 bits per heavy atom. The van der Waals surface area contributed by atoms with Crippen molar-refractivity contribution < 1.29 is 14.7 Å². The third-order valence-electron chi connectivity index (χ3n) is 4.21. The first-order chi connectivity index (χ1) is 9.44. The molecule has 4 heteroatoms. The average Bonchev–Trinajstić information content (AvgIpc) is 2.83. The van der Waals surface area contributed by atoms with Gasteiger partial charge in [0.1, 0.15) is 6.29 Å². The van der Waals surface area contributed by atoms with Crippen molar-refractivity contribution in [3.8, 4) is 0 Å². The third kappa shape index (κ3) is 3.07. The van der Waals surface area contributed by atoms with Crippen LogP contribution < -0.4 is 0 Å². The summed E-state index contributed by atoms with van der Waals surface area (Å²) in [5.41, 5.74) is 0.717. The van der Waals surface area contributed by atoms with Crippen LogP contribution in [0.2, 0.25) is 0 Å². The van der Waals surface area contributed by atoms with Crippen molar-refractivity contribution in [3.63, 3.8) is 0 Å². The van der Waals surface area contributed by atoms with Crippen LogP contribution in [0.5, 0.6) is 0 Å². The summed E-state index contributed by atoms with van der Waals surface area (Å²) in [5.74, 6) is -0.715. The van der Waals surface area contributed by atoms with E-state index in [0.717, 1.165) is 18.4 Å². The first kappa shape index (κ1) is 14.7. The molecule has 2 rings (SSSR count). The van der Waals surface area contributed by atoms with Crippen molar-refractivity contribution >= 4 is 12.3 Å². The number of aliphatic carboxylic acids is 1. The van der Waals surface area contributed by atoms with E-state index in [1.807, 2.05) is 44.2 Å². The van der Waals surface area contributed by atoms with Crippen LogP contribution in [-0.2, 0) is 9.59 Å². The highest BCUT2D eigenvalue weighted by Crippen LogP contribution is 2.36. The van der Waals surface area contributed by atoms with Gasteiger partial charge in [-0.1, -0.05) is 30.3 Å². The molecular weight excluding hydrogens is 254 g/mol. The zero-order valence-electron chi connectivity index (χ0n) is 12.0. The number of hydrogen-bond donors (Lipinski definition) is 1. The second kappa shape index (κ2) is 5.75. The molecule has 0 bridgehead atoms. The Bertz CT molecular complexity index is 484. The number of carbonyl (C=O) groups excluding carboxylic acids is 1. The van der Waals surface area contributed by atoms with Gasteiger partial charge >= 0.3 is 5.97 Å². The summed E-state index contributed by atoms with van der Waals surface area (Å²) in [4.78, 5) is 24.4. The summed E-state index contributed by atoms with van der Waals surface area (Å²) < 4.78 is 0. The number of likely N-dealkylation sites (tertiary alicyclic amines) is 1. The molecule has 1 saturated heterocycles. The number of hydrogen-bond acceptors (Lipinski definition) is 3. The van der Waals surface area contributed by atoms with Crippen LogP contribution in [-0.4, -0.2) is 40.9 Å². The molecule has 0 aliphatic carbocycles. The van der Waals surface area contributed by atoms with Crippen LogP contribution in [0.15, 0.2) is 30.3 Å². The molecule has 4 nitrogen and oxygen atoms in total. The van der Waals surface area contributed by atoms with Crippen molar-refractivity contribution in [3.05, 3.63) is 35.9 Å². The van der Waals surface area contributed by atoms with Gasteiger partial charge in [0.2, 0.25) is 0 Å². The van der Waals surface area contributed by atoms with E-state index < -0.39 is 11.5 Å². The second-order valence-corrected chi connectivity index (χ2v) is 6.11. The number of benzene rings is 1. The molecule has 2 atom stereocenters. The SMILES string of the molecule is CC(C)(CC(=O)O)N1C[C@H](c2ccccc2)[C@@H](C=O)C1. The number of carbonyl (C=O) groups is 2. The van der Waals surface area contributed by atoms with Crippen molar-refractivity contribution in [1.82, 2.24) is 4.90 Å². The van der Waals surface area contributed by atoms with Gasteiger partial charge in [0.25, 0.3) is 0 Å². The predicted octanol–water partition coefficient (Wildman–Crippen LogP) is 2.15. The van der Waals surface area contributed by atoms with Crippen molar-refractivity contribution in [2.45, 2.75) is 31.7 Å².